The minimum atomic E-state index is -0.549. The molecule has 0 bridgehead atoms. The standard InChI is InChI=1S/C12H12N2O2/c1-10(8-9-11(2)14(15)16)13-12-6-4-3-5-7-12/h3-9,13H,1-2H2/b9-8-. The van der Waals surface area contributed by atoms with Crippen molar-refractivity contribution in [3.63, 3.8) is 0 Å². The fraction of sp³-hybridized carbons (Fsp3) is 0. The molecule has 1 N–H and O–H groups in total. The van der Waals surface area contributed by atoms with Crippen LogP contribution < -0.4 is 5.32 Å². The van der Waals surface area contributed by atoms with Gasteiger partial charge in [0.15, 0.2) is 0 Å². The summed E-state index contributed by atoms with van der Waals surface area (Å²) in [6.45, 7) is 7.00. The zero-order chi connectivity index (χ0) is 12.0. The number of nitrogens with zero attached hydrogens (tertiary/aromatic N) is 1. The summed E-state index contributed by atoms with van der Waals surface area (Å²) < 4.78 is 0. The third-order valence-electron chi connectivity index (χ3n) is 1.79. The lowest BCUT2D eigenvalue weighted by atomic mass is 10.3. The molecule has 0 radical (unpaired) electrons. The zero-order valence-electron chi connectivity index (χ0n) is 8.72. The first-order valence-corrected chi connectivity index (χ1v) is 4.62. The molecule has 0 aliphatic rings. The number of hydrogen-bond acceptors (Lipinski definition) is 3. The Balaban J connectivity index is 2.55. The number of nitrogens with one attached hydrogen (secondary N) is 1. The van der Waals surface area contributed by atoms with Crippen molar-refractivity contribution in [2.75, 3.05) is 5.32 Å². The third-order valence-corrected chi connectivity index (χ3v) is 1.79. The maximum absolute atomic E-state index is 10.3. The smallest absolute Gasteiger partial charge is 0.262 e. The molecule has 0 fully saturated rings. The average molecular weight is 216 g/mol. The highest BCUT2D eigenvalue weighted by molar-refractivity contribution is 5.49. The first kappa shape index (κ1) is 11.7. The van der Waals surface area contributed by atoms with E-state index in [1.807, 2.05) is 30.3 Å². The molecule has 0 saturated heterocycles. The van der Waals surface area contributed by atoms with Gasteiger partial charge in [-0.3, -0.25) is 10.1 Å². The molecule has 0 atom stereocenters. The Bertz CT molecular complexity index is 436. The molecule has 4 nitrogen and oxygen atoms in total. The highest BCUT2D eigenvalue weighted by Gasteiger charge is 1.99. The van der Waals surface area contributed by atoms with Gasteiger partial charge >= 0.3 is 0 Å². The van der Waals surface area contributed by atoms with E-state index < -0.39 is 4.92 Å². The quantitative estimate of drug-likeness (QED) is 0.467. The van der Waals surface area contributed by atoms with Crippen molar-refractivity contribution in [1.82, 2.24) is 0 Å². The number of hydrogen-bond donors (Lipinski definition) is 1. The summed E-state index contributed by atoms with van der Waals surface area (Å²) >= 11 is 0. The molecule has 0 aliphatic carbocycles. The van der Waals surface area contributed by atoms with E-state index in [-0.39, 0.29) is 5.70 Å². The van der Waals surface area contributed by atoms with Gasteiger partial charge in [0.25, 0.3) is 5.70 Å². The van der Waals surface area contributed by atoms with Crippen LogP contribution >= 0.6 is 0 Å². The Morgan fingerprint density at radius 2 is 1.88 bits per heavy atom. The van der Waals surface area contributed by atoms with Crippen LogP contribution in [-0.4, -0.2) is 4.92 Å². The minimum Gasteiger partial charge on any atom is -0.356 e. The zero-order valence-corrected chi connectivity index (χ0v) is 8.72. The minimum absolute atomic E-state index is 0.170. The molecule has 1 aromatic carbocycles. The van der Waals surface area contributed by atoms with Crippen LogP contribution in [0.3, 0.4) is 0 Å². The maximum Gasteiger partial charge on any atom is 0.262 e. The number of anilines is 1. The highest BCUT2D eigenvalue weighted by Crippen LogP contribution is 2.09. The predicted octanol–water partition coefficient (Wildman–Crippen LogP) is 2.96. The van der Waals surface area contributed by atoms with Crippen molar-refractivity contribution < 1.29 is 4.92 Å². The van der Waals surface area contributed by atoms with Crippen LogP contribution in [0.2, 0.25) is 0 Å². The Morgan fingerprint density at radius 3 is 2.44 bits per heavy atom. The molecule has 0 amide bonds. The van der Waals surface area contributed by atoms with Gasteiger partial charge in [-0.2, -0.15) is 0 Å². The van der Waals surface area contributed by atoms with E-state index in [1.165, 1.54) is 12.2 Å². The monoisotopic (exact) mass is 216 g/mol. The predicted molar refractivity (Wildman–Crippen MR) is 64.5 cm³/mol. The van der Waals surface area contributed by atoms with Crippen LogP contribution in [0, 0.1) is 10.1 Å². The molecule has 16 heavy (non-hydrogen) atoms. The van der Waals surface area contributed by atoms with Gasteiger partial charge < -0.3 is 5.32 Å². The molecule has 0 spiro atoms. The summed E-state index contributed by atoms with van der Waals surface area (Å²) in [5.41, 5.74) is 1.27. The van der Waals surface area contributed by atoms with Gasteiger partial charge in [-0.15, -0.1) is 0 Å². The summed E-state index contributed by atoms with van der Waals surface area (Å²) in [7, 11) is 0. The van der Waals surface area contributed by atoms with Crippen LogP contribution in [-0.2, 0) is 0 Å². The number of allylic oxidation sites excluding steroid dienone is 2. The van der Waals surface area contributed by atoms with Crippen molar-refractivity contribution in [1.29, 1.82) is 0 Å². The normalized spacial score (nSPS) is 10.0. The summed E-state index contributed by atoms with van der Waals surface area (Å²) in [6.07, 6.45) is 2.82. The molecule has 0 heterocycles. The summed E-state index contributed by atoms with van der Waals surface area (Å²) in [6, 6.07) is 9.42. The molecule has 82 valence electrons. The average Bonchev–Trinajstić information content (AvgIpc) is 2.27. The largest absolute Gasteiger partial charge is 0.356 e. The number of benzene rings is 1. The van der Waals surface area contributed by atoms with Crippen LogP contribution in [0.5, 0.6) is 0 Å². The highest BCUT2D eigenvalue weighted by atomic mass is 16.6. The van der Waals surface area contributed by atoms with E-state index in [0.29, 0.717) is 5.70 Å². The van der Waals surface area contributed by atoms with Gasteiger partial charge in [0.1, 0.15) is 0 Å². The second-order valence-corrected chi connectivity index (χ2v) is 3.10. The van der Waals surface area contributed by atoms with Crippen molar-refractivity contribution >= 4 is 5.69 Å². The van der Waals surface area contributed by atoms with E-state index in [0.717, 1.165) is 5.69 Å². The van der Waals surface area contributed by atoms with Gasteiger partial charge in [0.2, 0.25) is 0 Å². The number of para-hydroxylation sites is 1. The Hall–Kier alpha value is -2.36. The van der Waals surface area contributed by atoms with E-state index >= 15 is 0 Å². The van der Waals surface area contributed by atoms with Crippen molar-refractivity contribution in [2.24, 2.45) is 0 Å². The molecule has 4 heteroatoms. The lowest BCUT2D eigenvalue weighted by Crippen LogP contribution is -1.96. The van der Waals surface area contributed by atoms with Crippen molar-refractivity contribution in [3.05, 3.63) is 77.2 Å². The van der Waals surface area contributed by atoms with Gasteiger partial charge in [0, 0.05) is 17.5 Å². The first-order chi connectivity index (χ1) is 7.59. The van der Waals surface area contributed by atoms with Crippen LogP contribution in [0.1, 0.15) is 0 Å². The Labute approximate surface area is 93.8 Å². The second kappa shape index (κ2) is 5.50. The van der Waals surface area contributed by atoms with Crippen molar-refractivity contribution in [2.45, 2.75) is 0 Å². The lowest BCUT2D eigenvalue weighted by Gasteiger charge is -2.04. The summed E-state index contributed by atoms with van der Waals surface area (Å²) in [5.74, 6) is 0. The van der Waals surface area contributed by atoms with Crippen LogP contribution in [0.4, 0.5) is 5.69 Å². The molecule has 0 aromatic heterocycles. The molecule has 1 aromatic rings. The lowest BCUT2D eigenvalue weighted by molar-refractivity contribution is -0.418. The van der Waals surface area contributed by atoms with Crippen molar-refractivity contribution in [3.8, 4) is 0 Å². The van der Waals surface area contributed by atoms with Gasteiger partial charge in [-0.1, -0.05) is 24.8 Å². The Kier molecular flexibility index (Phi) is 4.03. The molecular formula is C12H12N2O2. The van der Waals surface area contributed by atoms with E-state index in [1.54, 1.807) is 0 Å². The van der Waals surface area contributed by atoms with Gasteiger partial charge in [-0.25, -0.2) is 0 Å². The maximum atomic E-state index is 10.3. The van der Waals surface area contributed by atoms with E-state index in [2.05, 4.69) is 18.5 Å². The van der Waals surface area contributed by atoms with Gasteiger partial charge in [0.05, 0.1) is 4.92 Å². The fourth-order valence-electron chi connectivity index (χ4n) is 1.01. The second-order valence-electron chi connectivity index (χ2n) is 3.10. The SMILES string of the molecule is C=C(/C=C\C(=C)[N+](=O)[O-])Nc1ccccc1. The molecule has 1 rings (SSSR count). The molecular weight excluding hydrogens is 204 g/mol. The topological polar surface area (TPSA) is 55.2 Å². The van der Waals surface area contributed by atoms with Crippen LogP contribution in [0.25, 0.3) is 0 Å². The summed E-state index contributed by atoms with van der Waals surface area (Å²) in [5, 5.41) is 13.3. The molecule has 0 aliphatic heterocycles. The molecule has 0 unspecified atom stereocenters. The fourth-order valence-corrected chi connectivity index (χ4v) is 1.01. The number of nitro groups is 1. The number of rotatable bonds is 5. The summed E-state index contributed by atoms with van der Waals surface area (Å²) in [4.78, 5) is 9.73. The van der Waals surface area contributed by atoms with E-state index in [9.17, 15) is 10.1 Å². The Morgan fingerprint density at radius 1 is 1.25 bits per heavy atom. The third kappa shape index (κ3) is 3.79. The first-order valence-electron chi connectivity index (χ1n) is 4.62. The van der Waals surface area contributed by atoms with Gasteiger partial charge in [-0.05, 0) is 24.8 Å². The molecule has 0 saturated carbocycles. The van der Waals surface area contributed by atoms with Crippen LogP contribution in [0.15, 0.2) is 67.0 Å². The van der Waals surface area contributed by atoms with E-state index in [4.69, 9.17) is 0 Å².